The molecule has 116 valence electrons. The number of nitrogens with two attached hydrogens (primary N) is 1. The lowest BCUT2D eigenvalue weighted by Crippen LogP contribution is -2.47. The highest BCUT2D eigenvalue weighted by atomic mass is 32.1. The van der Waals surface area contributed by atoms with Crippen molar-refractivity contribution in [1.82, 2.24) is 4.90 Å². The number of carbonyl (C=O) groups excluding carboxylic acids is 1. The van der Waals surface area contributed by atoms with Crippen LogP contribution in [0.15, 0.2) is 30.3 Å². The summed E-state index contributed by atoms with van der Waals surface area (Å²) in [6.07, 6.45) is -4.47. The van der Waals surface area contributed by atoms with Crippen molar-refractivity contribution in [1.29, 1.82) is 0 Å². The van der Waals surface area contributed by atoms with Crippen molar-refractivity contribution >= 4 is 23.1 Å². The van der Waals surface area contributed by atoms with Crippen molar-refractivity contribution in [3.63, 3.8) is 0 Å². The van der Waals surface area contributed by atoms with Crippen LogP contribution in [0.4, 0.5) is 13.2 Å². The summed E-state index contributed by atoms with van der Waals surface area (Å²) in [4.78, 5) is 13.1. The Hall–Kier alpha value is -1.63. The Labute approximate surface area is 126 Å². The van der Waals surface area contributed by atoms with Gasteiger partial charge in [0.2, 0.25) is 5.91 Å². The second-order valence-electron chi connectivity index (χ2n) is 4.92. The van der Waals surface area contributed by atoms with Gasteiger partial charge in [-0.25, -0.2) is 0 Å². The lowest BCUT2D eigenvalue weighted by molar-refractivity contribution is -0.164. The predicted molar refractivity (Wildman–Crippen MR) is 78.9 cm³/mol. The maximum atomic E-state index is 12.6. The van der Waals surface area contributed by atoms with Crippen molar-refractivity contribution in [3.8, 4) is 0 Å². The summed E-state index contributed by atoms with van der Waals surface area (Å²) in [6.45, 7) is 1.71. The molecular formula is C14H17F3N2OS. The fourth-order valence-corrected chi connectivity index (χ4v) is 2.18. The quantitative estimate of drug-likeness (QED) is 0.849. The maximum absolute atomic E-state index is 12.6. The molecule has 21 heavy (non-hydrogen) atoms. The third-order valence-electron chi connectivity index (χ3n) is 2.92. The first-order chi connectivity index (χ1) is 9.63. The monoisotopic (exact) mass is 318 g/mol. The van der Waals surface area contributed by atoms with Crippen LogP contribution in [0.3, 0.4) is 0 Å². The Morgan fingerprint density at radius 1 is 1.29 bits per heavy atom. The molecule has 0 aliphatic rings. The van der Waals surface area contributed by atoms with E-state index in [1.54, 1.807) is 30.3 Å². The molecule has 0 saturated heterocycles. The SMILES string of the molecule is CC(C)N(CC(F)(F)F)C(=O)C(C(N)=S)c1ccccc1. The van der Waals surface area contributed by atoms with Crippen LogP contribution in [0.1, 0.15) is 25.3 Å². The molecule has 1 unspecified atom stereocenters. The molecule has 0 aliphatic heterocycles. The van der Waals surface area contributed by atoms with E-state index in [0.29, 0.717) is 5.56 Å². The molecule has 0 spiro atoms. The largest absolute Gasteiger partial charge is 0.406 e. The van der Waals surface area contributed by atoms with Gasteiger partial charge in [0, 0.05) is 6.04 Å². The topological polar surface area (TPSA) is 46.3 Å². The van der Waals surface area contributed by atoms with Crippen molar-refractivity contribution in [2.24, 2.45) is 5.73 Å². The summed E-state index contributed by atoms with van der Waals surface area (Å²) in [6, 6.07) is 7.72. The van der Waals surface area contributed by atoms with Gasteiger partial charge in [-0.3, -0.25) is 4.79 Å². The molecule has 3 nitrogen and oxygen atoms in total. The first kappa shape index (κ1) is 17.4. The highest BCUT2D eigenvalue weighted by Crippen LogP contribution is 2.24. The van der Waals surface area contributed by atoms with Gasteiger partial charge in [-0.05, 0) is 19.4 Å². The van der Waals surface area contributed by atoms with Gasteiger partial charge in [-0.1, -0.05) is 42.5 Å². The average Bonchev–Trinajstić information content (AvgIpc) is 2.35. The number of benzene rings is 1. The summed E-state index contributed by atoms with van der Waals surface area (Å²) < 4.78 is 37.9. The van der Waals surface area contributed by atoms with E-state index in [1.165, 1.54) is 13.8 Å². The van der Waals surface area contributed by atoms with E-state index in [1.807, 2.05) is 0 Å². The summed E-state index contributed by atoms with van der Waals surface area (Å²) in [5.74, 6) is -1.79. The molecule has 0 fully saturated rings. The van der Waals surface area contributed by atoms with Gasteiger partial charge in [0.15, 0.2) is 0 Å². The molecule has 1 aromatic rings. The Morgan fingerprint density at radius 3 is 2.19 bits per heavy atom. The number of alkyl halides is 3. The van der Waals surface area contributed by atoms with Gasteiger partial charge in [-0.2, -0.15) is 13.2 Å². The Morgan fingerprint density at radius 2 is 1.81 bits per heavy atom. The highest BCUT2D eigenvalue weighted by molar-refractivity contribution is 7.80. The zero-order valence-corrected chi connectivity index (χ0v) is 12.5. The first-order valence-electron chi connectivity index (χ1n) is 6.35. The van der Waals surface area contributed by atoms with Crippen LogP contribution in [0.5, 0.6) is 0 Å². The number of rotatable bonds is 5. The molecule has 1 atom stereocenters. The fourth-order valence-electron chi connectivity index (χ4n) is 1.95. The van der Waals surface area contributed by atoms with E-state index in [4.69, 9.17) is 18.0 Å². The van der Waals surface area contributed by atoms with Crippen molar-refractivity contribution in [3.05, 3.63) is 35.9 Å². The van der Waals surface area contributed by atoms with E-state index in [-0.39, 0.29) is 4.99 Å². The first-order valence-corrected chi connectivity index (χ1v) is 6.76. The summed E-state index contributed by atoms with van der Waals surface area (Å²) in [7, 11) is 0. The van der Waals surface area contributed by atoms with E-state index in [9.17, 15) is 18.0 Å². The van der Waals surface area contributed by atoms with Gasteiger partial charge in [0.25, 0.3) is 0 Å². The molecule has 0 aliphatic carbocycles. The second kappa shape index (κ2) is 6.89. The third kappa shape index (κ3) is 5.00. The molecule has 0 aromatic heterocycles. The van der Waals surface area contributed by atoms with Crippen LogP contribution in [0, 0.1) is 0 Å². The van der Waals surface area contributed by atoms with E-state index in [2.05, 4.69) is 0 Å². The number of thiocarbonyl (C=S) groups is 1. The summed E-state index contributed by atoms with van der Waals surface area (Å²) >= 11 is 4.87. The number of halogens is 3. The predicted octanol–water partition coefficient (Wildman–Crippen LogP) is 2.86. The maximum Gasteiger partial charge on any atom is 0.406 e. The molecule has 0 saturated carbocycles. The van der Waals surface area contributed by atoms with Crippen LogP contribution < -0.4 is 5.73 Å². The van der Waals surface area contributed by atoms with Crippen LogP contribution >= 0.6 is 12.2 Å². The van der Waals surface area contributed by atoms with Gasteiger partial charge in [0.1, 0.15) is 12.5 Å². The molecule has 0 bridgehead atoms. The lowest BCUT2D eigenvalue weighted by Gasteiger charge is -2.31. The van der Waals surface area contributed by atoms with E-state index in [0.717, 1.165) is 4.90 Å². The standard InChI is InChI=1S/C14H17F3N2OS/c1-9(2)19(8-14(15,16)17)13(20)11(12(18)21)10-6-4-3-5-7-10/h3-7,9,11H,8H2,1-2H3,(H2,18,21). The molecule has 1 rings (SSSR count). The number of amides is 1. The van der Waals surface area contributed by atoms with E-state index >= 15 is 0 Å². The molecule has 1 aromatic carbocycles. The van der Waals surface area contributed by atoms with Crippen LogP contribution in [0.2, 0.25) is 0 Å². The van der Waals surface area contributed by atoms with Crippen LogP contribution in [-0.2, 0) is 4.79 Å². The molecule has 2 N–H and O–H groups in total. The molecular weight excluding hydrogens is 301 g/mol. The summed E-state index contributed by atoms with van der Waals surface area (Å²) in [5.41, 5.74) is 6.06. The molecule has 0 radical (unpaired) electrons. The summed E-state index contributed by atoms with van der Waals surface area (Å²) in [5, 5.41) is 0. The van der Waals surface area contributed by atoms with Crippen molar-refractivity contribution in [2.45, 2.75) is 32.0 Å². The van der Waals surface area contributed by atoms with Gasteiger partial charge >= 0.3 is 6.18 Å². The van der Waals surface area contributed by atoms with Crippen molar-refractivity contribution in [2.75, 3.05) is 6.54 Å². The van der Waals surface area contributed by atoms with Gasteiger partial charge < -0.3 is 10.6 Å². The smallest absolute Gasteiger partial charge is 0.392 e. The van der Waals surface area contributed by atoms with Crippen molar-refractivity contribution < 1.29 is 18.0 Å². The minimum atomic E-state index is -4.47. The second-order valence-corrected chi connectivity index (χ2v) is 5.39. The lowest BCUT2D eigenvalue weighted by atomic mass is 9.97. The minimum Gasteiger partial charge on any atom is -0.392 e. The molecule has 7 heteroatoms. The number of hydrogen-bond donors (Lipinski definition) is 1. The van der Waals surface area contributed by atoms with Crippen LogP contribution in [0.25, 0.3) is 0 Å². The van der Waals surface area contributed by atoms with E-state index < -0.39 is 30.6 Å². The zero-order chi connectivity index (χ0) is 16.2. The minimum absolute atomic E-state index is 0.140. The Bertz CT molecular complexity index is 503. The number of nitrogens with zero attached hydrogens (tertiary/aromatic N) is 1. The Kier molecular flexibility index (Phi) is 5.71. The molecule has 0 heterocycles. The molecule has 1 amide bonds. The third-order valence-corrected chi connectivity index (χ3v) is 3.16. The Balaban J connectivity index is 3.12. The average molecular weight is 318 g/mol. The fraction of sp³-hybridized carbons (Fsp3) is 0.429. The number of hydrogen-bond acceptors (Lipinski definition) is 2. The zero-order valence-electron chi connectivity index (χ0n) is 11.7. The highest BCUT2D eigenvalue weighted by Gasteiger charge is 2.37. The number of carbonyl (C=O) groups is 1. The van der Waals surface area contributed by atoms with Gasteiger partial charge in [0.05, 0.1) is 4.99 Å². The van der Waals surface area contributed by atoms with Gasteiger partial charge in [-0.15, -0.1) is 0 Å². The van der Waals surface area contributed by atoms with Crippen LogP contribution in [-0.4, -0.2) is 34.6 Å². The normalized spacial score (nSPS) is 13.0.